The zero-order chi connectivity index (χ0) is 10.8. The molecule has 2 aromatic rings. The fraction of sp³-hybridized carbons (Fsp3) is 0.200. The van der Waals surface area contributed by atoms with E-state index < -0.39 is 0 Å². The van der Waals surface area contributed by atoms with Gasteiger partial charge in [0.2, 0.25) is 5.95 Å². The standard InChI is InChI=1S/C10H11ClN4/c1-2-9-13-10(12)15(14-9)8-5-3-4-7(11)6-8/h3-6H,2H2,1H3,(H2,12,13,14). The van der Waals surface area contributed by atoms with Gasteiger partial charge >= 0.3 is 0 Å². The zero-order valence-electron chi connectivity index (χ0n) is 8.31. The number of hydrogen-bond acceptors (Lipinski definition) is 3. The lowest BCUT2D eigenvalue weighted by Gasteiger charge is -2.01. The monoisotopic (exact) mass is 222 g/mol. The van der Waals surface area contributed by atoms with Gasteiger partial charge in [0.1, 0.15) is 0 Å². The minimum atomic E-state index is 0.383. The van der Waals surface area contributed by atoms with Crippen molar-refractivity contribution >= 4 is 17.5 Å². The number of anilines is 1. The van der Waals surface area contributed by atoms with E-state index in [9.17, 15) is 0 Å². The van der Waals surface area contributed by atoms with Crippen molar-refractivity contribution in [1.29, 1.82) is 0 Å². The number of benzene rings is 1. The fourth-order valence-electron chi connectivity index (χ4n) is 1.32. The summed E-state index contributed by atoms with van der Waals surface area (Å²) >= 11 is 5.89. The van der Waals surface area contributed by atoms with E-state index in [2.05, 4.69) is 10.1 Å². The smallest absolute Gasteiger partial charge is 0.223 e. The number of nitrogens with two attached hydrogens (primary N) is 1. The van der Waals surface area contributed by atoms with Crippen LogP contribution < -0.4 is 5.73 Å². The van der Waals surface area contributed by atoms with Crippen LogP contribution in [0.25, 0.3) is 5.69 Å². The van der Waals surface area contributed by atoms with E-state index in [4.69, 9.17) is 17.3 Å². The van der Waals surface area contributed by atoms with E-state index in [1.54, 1.807) is 16.8 Å². The van der Waals surface area contributed by atoms with Gasteiger partial charge in [-0.05, 0) is 18.2 Å². The number of aryl methyl sites for hydroxylation is 1. The Morgan fingerprint density at radius 2 is 2.27 bits per heavy atom. The van der Waals surface area contributed by atoms with Gasteiger partial charge in [0.05, 0.1) is 5.69 Å². The van der Waals surface area contributed by atoms with Crippen molar-refractivity contribution in [2.75, 3.05) is 5.73 Å². The number of nitrogen functional groups attached to an aromatic ring is 1. The molecule has 2 N–H and O–H groups in total. The van der Waals surface area contributed by atoms with Gasteiger partial charge in [-0.25, -0.2) is 0 Å². The third-order valence-corrected chi connectivity index (χ3v) is 2.28. The van der Waals surface area contributed by atoms with Crippen LogP contribution in [0.4, 0.5) is 5.95 Å². The number of hydrogen-bond donors (Lipinski definition) is 1. The van der Waals surface area contributed by atoms with Gasteiger partial charge in [0.25, 0.3) is 0 Å². The first-order valence-electron chi connectivity index (χ1n) is 4.68. The Labute approximate surface area is 92.7 Å². The van der Waals surface area contributed by atoms with Gasteiger partial charge < -0.3 is 5.73 Å². The minimum absolute atomic E-state index is 0.383. The highest BCUT2D eigenvalue weighted by atomic mass is 35.5. The number of halogens is 1. The quantitative estimate of drug-likeness (QED) is 0.846. The Morgan fingerprint density at radius 1 is 1.47 bits per heavy atom. The molecule has 0 aliphatic rings. The molecule has 15 heavy (non-hydrogen) atoms. The van der Waals surface area contributed by atoms with Gasteiger partial charge in [-0.2, -0.15) is 9.67 Å². The number of nitrogens with zero attached hydrogens (tertiary/aromatic N) is 3. The molecule has 0 saturated carbocycles. The molecule has 1 aromatic carbocycles. The average Bonchev–Trinajstić information content (AvgIpc) is 2.60. The molecule has 78 valence electrons. The van der Waals surface area contributed by atoms with Gasteiger partial charge in [0.15, 0.2) is 5.82 Å². The Hall–Kier alpha value is -1.55. The van der Waals surface area contributed by atoms with Crippen molar-refractivity contribution in [3.05, 3.63) is 35.1 Å². The van der Waals surface area contributed by atoms with Crippen LogP contribution in [0.5, 0.6) is 0 Å². The van der Waals surface area contributed by atoms with Crippen LogP contribution in [0.1, 0.15) is 12.7 Å². The summed E-state index contributed by atoms with van der Waals surface area (Å²) in [7, 11) is 0. The molecule has 1 aromatic heterocycles. The Morgan fingerprint density at radius 3 is 2.87 bits per heavy atom. The molecule has 0 bridgehead atoms. The molecule has 0 radical (unpaired) electrons. The molecule has 0 atom stereocenters. The SMILES string of the molecule is CCc1nc(N)n(-c2cccc(Cl)c2)n1. The molecular formula is C10H11ClN4. The molecule has 0 amide bonds. The van der Waals surface area contributed by atoms with Crippen LogP contribution in [0.15, 0.2) is 24.3 Å². The minimum Gasteiger partial charge on any atom is -0.368 e. The van der Waals surface area contributed by atoms with Crippen molar-refractivity contribution in [2.24, 2.45) is 0 Å². The highest BCUT2D eigenvalue weighted by Gasteiger charge is 2.07. The Balaban J connectivity index is 2.48. The first-order chi connectivity index (χ1) is 7.20. The van der Waals surface area contributed by atoms with Crippen LogP contribution in [0.3, 0.4) is 0 Å². The van der Waals surface area contributed by atoms with Crippen LogP contribution in [-0.4, -0.2) is 14.8 Å². The van der Waals surface area contributed by atoms with Gasteiger partial charge in [-0.3, -0.25) is 0 Å². The second kappa shape index (κ2) is 3.90. The largest absolute Gasteiger partial charge is 0.368 e. The maximum Gasteiger partial charge on any atom is 0.223 e. The van der Waals surface area contributed by atoms with E-state index in [1.165, 1.54) is 0 Å². The summed E-state index contributed by atoms with van der Waals surface area (Å²) in [6, 6.07) is 7.34. The summed E-state index contributed by atoms with van der Waals surface area (Å²) in [6.45, 7) is 1.98. The molecule has 0 aliphatic carbocycles. The van der Waals surface area contributed by atoms with Crippen molar-refractivity contribution in [1.82, 2.24) is 14.8 Å². The molecule has 0 unspecified atom stereocenters. The van der Waals surface area contributed by atoms with Crippen molar-refractivity contribution < 1.29 is 0 Å². The highest BCUT2D eigenvalue weighted by Crippen LogP contribution is 2.16. The van der Waals surface area contributed by atoms with Crippen LogP contribution in [0, 0.1) is 0 Å². The predicted molar refractivity (Wildman–Crippen MR) is 60.2 cm³/mol. The normalized spacial score (nSPS) is 10.5. The lowest BCUT2D eigenvalue weighted by molar-refractivity contribution is 0.845. The van der Waals surface area contributed by atoms with Crippen molar-refractivity contribution in [2.45, 2.75) is 13.3 Å². The molecule has 0 fully saturated rings. The second-order valence-corrected chi connectivity index (χ2v) is 3.57. The Bertz CT molecular complexity index is 478. The van der Waals surface area contributed by atoms with E-state index in [0.717, 1.165) is 17.9 Å². The fourth-order valence-corrected chi connectivity index (χ4v) is 1.50. The molecule has 0 spiro atoms. The van der Waals surface area contributed by atoms with Gasteiger partial charge in [-0.1, -0.05) is 24.6 Å². The molecule has 5 heteroatoms. The Kier molecular flexibility index (Phi) is 2.60. The van der Waals surface area contributed by atoms with Crippen LogP contribution >= 0.6 is 11.6 Å². The lowest BCUT2D eigenvalue weighted by atomic mass is 10.3. The van der Waals surface area contributed by atoms with Crippen molar-refractivity contribution in [3.8, 4) is 5.69 Å². The third-order valence-electron chi connectivity index (χ3n) is 2.05. The van der Waals surface area contributed by atoms with E-state index in [-0.39, 0.29) is 0 Å². The highest BCUT2D eigenvalue weighted by molar-refractivity contribution is 6.30. The molecule has 1 heterocycles. The van der Waals surface area contributed by atoms with E-state index in [0.29, 0.717) is 11.0 Å². The topological polar surface area (TPSA) is 56.7 Å². The third kappa shape index (κ3) is 1.94. The first-order valence-corrected chi connectivity index (χ1v) is 5.06. The summed E-state index contributed by atoms with van der Waals surface area (Å²) in [5.41, 5.74) is 6.57. The average molecular weight is 223 g/mol. The summed E-state index contributed by atoms with van der Waals surface area (Å²) in [5, 5.41) is 4.91. The lowest BCUT2D eigenvalue weighted by Crippen LogP contribution is -2.02. The van der Waals surface area contributed by atoms with Crippen LogP contribution in [-0.2, 0) is 6.42 Å². The predicted octanol–water partition coefficient (Wildman–Crippen LogP) is 2.07. The molecule has 4 nitrogen and oxygen atoms in total. The van der Waals surface area contributed by atoms with E-state index >= 15 is 0 Å². The summed E-state index contributed by atoms with van der Waals surface area (Å²) in [4.78, 5) is 4.12. The van der Waals surface area contributed by atoms with Gasteiger partial charge in [-0.15, -0.1) is 5.10 Å². The molecule has 0 aliphatic heterocycles. The first kappa shape index (κ1) is 9.98. The number of aromatic nitrogens is 3. The summed E-state index contributed by atoms with van der Waals surface area (Å²) in [6.07, 6.45) is 0.762. The number of rotatable bonds is 2. The van der Waals surface area contributed by atoms with Crippen molar-refractivity contribution in [3.63, 3.8) is 0 Å². The zero-order valence-corrected chi connectivity index (χ0v) is 9.07. The summed E-state index contributed by atoms with van der Waals surface area (Å²) < 4.78 is 1.59. The van der Waals surface area contributed by atoms with Crippen LogP contribution in [0.2, 0.25) is 5.02 Å². The molecule has 0 saturated heterocycles. The maximum atomic E-state index is 5.89. The second-order valence-electron chi connectivity index (χ2n) is 3.13. The van der Waals surface area contributed by atoms with Gasteiger partial charge in [0, 0.05) is 11.4 Å². The van der Waals surface area contributed by atoms with E-state index in [1.807, 2.05) is 19.1 Å². The maximum absolute atomic E-state index is 5.89. The molecular weight excluding hydrogens is 212 g/mol. The summed E-state index contributed by atoms with van der Waals surface area (Å²) in [5.74, 6) is 1.11. The molecule has 2 rings (SSSR count).